The van der Waals surface area contributed by atoms with Crippen molar-refractivity contribution in [1.29, 1.82) is 0 Å². The van der Waals surface area contributed by atoms with Crippen LogP contribution in [-0.2, 0) is 0 Å². The second-order valence-electron chi connectivity index (χ2n) is 2.48. The minimum Gasteiger partial charge on any atom is -0.0369 e. The molecule has 2 bridgehead atoms. The van der Waals surface area contributed by atoms with Crippen LogP contribution < -0.4 is 0 Å². The van der Waals surface area contributed by atoms with Crippen LogP contribution >= 0.6 is 0 Å². The molecule has 0 saturated heterocycles. The number of hydrogen-bond donors (Lipinski definition) is 0. The van der Waals surface area contributed by atoms with Gasteiger partial charge in [-0.2, -0.15) is 0 Å². The molecule has 0 aromatic carbocycles. The molecule has 2 aliphatic carbocycles. The Labute approximate surface area is 44.2 Å². The van der Waals surface area contributed by atoms with Crippen LogP contribution in [0, 0.1) is 18.3 Å². The molecule has 0 radical (unpaired) electrons. The molecule has 0 spiro atoms. The third-order valence-electron chi connectivity index (χ3n) is 1.93. The Hall–Kier alpha value is -0.390. The van der Waals surface area contributed by atoms with Crippen molar-refractivity contribution in [3.05, 3.63) is 18.6 Å². The van der Waals surface area contributed by atoms with Crippen molar-refractivity contribution in [2.24, 2.45) is 11.8 Å². The molecule has 36 valence electrons. The largest absolute Gasteiger partial charge is 0.117 e. The van der Waals surface area contributed by atoms with Gasteiger partial charge in [0.25, 0.3) is 0 Å². The average molecular weight is 93.1 g/mol. The molecule has 0 amide bonds. The maximum atomic E-state index is 2.44. The zero-order valence-corrected chi connectivity index (χ0v) is 4.30. The van der Waals surface area contributed by atoms with E-state index in [1.807, 2.05) is 0 Å². The summed E-state index contributed by atoms with van der Waals surface area (Å²) in [5.41, 5.74) is 0. The summed E-state index contributed by atoms with van der Waals surface area (Å²) in [5, 5.41) is 0. The Bertz CT molecular complexity index is 90.6. The van der Waals surface area contributed by atoms with E-state index in [4.69, 9.17) is 0 Å². The maximum absolute atomic E-state index is 2.44. The molecule has 0 heterocycles. The van der Waals surface area contributed by atoms with E-state index < -0.39 is 0 Å². The van der Waals surface area contributed by atoms with E-state index >= 15 is 0 Å². The van der Waals surface area contributed by atoms with E-state index in [9.17, 15) is 0 Å². The van der Waals surface area contributed by atoms with E-state index in [0.29, 0.717) is 0 Å². The van der Waals surface area contributed by atoms with Crippen molar-refractivity contribution in [2.45, 2.75) is 12.8 Å². The van der Waals surface area contributed by atoms with E-state index in [1.165, 1.54) is 12.8 Å². The quantitative estimate of drug-likeness (QED) is 0.316. The normalized spacial score (nSPS) is 44.6. The first-order valence-corrected chi connectivity index (χ1v) is 2.98. The lowest BCUT2D eigenvalue weighted by Gasteiger charge is -1.89. The fourth-order valence-corrected chi connectivity index (χ4v) is 1.50. The van der Waals surface area contributed by atoms with Gasteiger partial charge in [-0.1, -0.05) is 0 Å². The molecule has 2 aliphatic rings. The molecule has 1 fully saturated rings. The molecule has 0 aromatic heterocycles. The minimum absolute atomic E-state index is 0.866. The summed E-state index contributed by atoms with van der Waals surface area (Å²) in [5.74, 6) is 1.73. The smallest absolute Gasteiger partial charge is 0.0369 e. The molecule has 2 unspecified atom stereocenters. The molecule has 0 heteroatoms. The van der Waals surface area contributed by atoms with Crippen molar-refractivity contribution in [1.82, 2.24) is 0 Å². The predicted molar refractivity (Wildman–Crippen MR) is 29.7 cm³/mol. The summed E-state index contributed by atoms with van der Waals surface area (Å²) < 4.78 is 0. The summed E-state index contributed by atoms with van der Waals surface area (Å²) >= 11 is 0. The number of rotatable bonds is 0. The zero-order chi connectivity index (χ0) is 4.69. The van der Waals surface area contributed by atoms with Crippen molar-refractivity contribution >= 4 is 0 Å². The van der Waals surface area contributed by atoms with Crippen LogP contribution in [0.3, 0.4) is 0 Å². The first-order valence-electron chi connectivity index (χ1n) is 2.98. The fourth-order valence-electron chi connectivity index (χ4n) is 1.50. The first kappa shape index (κ1) is 3.59. The Kier molecular flexibility index (Phi) is 0.543. The van der Waals surface area contributed by atoms with E-state index in [2.05, 4.69) is 18.6 Å². The third-order valence-corrected chi connectivity index (χ3v) is 1.93. The molecule has 2 rings (SSSR count). The highest BCUT2D eigenvalue weighted by atomic mass is 14.3. The van der Waals surface area contributed by atoms with E-state index in [1.54, 1.807) is 0 Å². The second-order valence-corrected chi connectivity index (χ2v) is 2.48. The van der Waals surface area contributed by atoms with Crippen LogP contribution in [0.5, 0.6) is 0 Å². The number of allylic oxidation sites excluding steroid dienone is 2. The van der Waals surface area contributed by atoms with Gasteiger partial charge in [-0.15, -0.1) is 0 Å². The van der Waals surface area contributed by atoms with Gasteiger partial charge in [0.1, 0.15) is 11.8 Å². The molecule has 1 saturated carbocycles. The molecular weight excluding hydrogens is 84.1 g/mol. The summed E-state index contributed by atoms with van der Waals surface area (Å²) in [7, 11) is 0. The lowest BCUT2D eigenvalue weighted by Crippen LogP contribution is -1.82. The molecule has 7 heavy (non-hydrogen) atoms. The summed E-state index contributed by atoms with van der Waals surface area (Å²) in [6.07, 6.45) is 9.94. The minimum atomic E-state index is 0.866. The monoisotopic (exact) mass is 93.1 g/mol. The summed E-state index contributed by atoms with van der Waals surface area (Å²) in [6, 6.07) is 0. The lowest BCUT2D eigenvalue weighted by molar-refractivity contribution is 0.705. The van der Waals surface area contributed by atoms with Crippen LogP contribution in [0.25, 0.3) is 0 Å². The van der Waals surface area contributed by atoms with Crippen molar-refractivity contribution in [3.8, 4) is 0 Å². The SMILES string of the molecule is C1=CC2[CH+]C1CC2. The Morgan fingerprint density at radius 3 is 1.86 bits per heavy atom. The van der Waals surface area contributed by atoms with Crippen LogP contribution in [0.15, 0.2) is 12.2 Å². The van der Waals surface area contributed by atoms with Gasteiger partial charge in [0.15, 0.2) is 0 Å². The maximum Gasteiger partial charge on any atom is 0.117 e. The molecule has 0 N–H and O–H groups in total. The fraction of sp³-hybridized carbons (Fsp3) is 0.571. The zero-order valence-electron chi connectivity index (χ0n) is 4.30. The van der Waals surface area contributed by atoms with Crippen LogP contribution in [0.2, 0.25) is 0 Å². The van der Waals surface area contributed by atoms with Crippen molar-refractivity contribution in [3.63, 3.8) is 0 Å². The van der Waals surface area contributed by atoms with Gasteiger partial charge >= 0.3 is 0 Å². The summed E-state index contributed by atoms with van der Waals surface area (Å²) in [6.45, 7) is 0. The average Bonchev–Trinajstić information content (AvgIpc) is 2.22. The van der Waals surface area contributed by atoms with Gasteiger partial charge in [-0.3, -0.25) is 0 Å². The van der Waals surface area contributed by atoms with Gasteiger partial charge in [0.2, 0.25) is 0 Å². The topological polar surface area (TPSA) is 0 Å². The lowest BCUT2D eigenvalue weighted by atomic mass is 10.1. The standard InChI is InChI=1S/C7H9/c1-2-7-4-3-6(1)5-7/h1-2,5-7H,3-4H2/q+1. The van der Waals surface area contributed by atoms with Gasteiger partial charge in [0, 0.05) is 0 Å². The second kappa shape index (κ2) is 1.06. The number of hydrogen-bond acceptors (Lipinski definition) is 0. The molecular formula is C7H9+. The predicted octanol–water partition coefficient (Wildman–Crippen LogP) is 1.79. The Balaban J connectivity index is 2.27. The molecule has 0 aromatic rings. The van der Waals surface area contributed by atoms with Gasteiger partial charge in [0.05, 0.1) is 6.42 Å². The van der Waals surface area contributed by atoms with Crippen LogP contribution in [0.4, 0.5) is 0 Å². The molecule has 2 atom stereocenters. The Morgan fingerprint density at radius 1 is 1.14 bits per heavy atom. The van der Waals surface area contributed by atoms with E-state index in [0.717, 1.165) is 11.8 Å². The highest BCUT2D eigenvalue weighted by Gasteiger charge is 2.35. The Morgan fingerprint density at radius 2 is 1.71 bits per heavy atom. The van der Waals surface area contributed by atoms with E-state index in [-0.39, 0.29) is 0 Å². The van der Waals surface area contributed by atoms with Crippen molar-refractivity contribution in [2.75, 3.05) is 0 Å². The first-order chi connectivity index (χ1) is 3.45. The van der Waals surface area contributed by atoms with Crippen molar-refractivity contribution < 1.29 is 0 Å². The highest BCUT2D eigenvalue weighted by Crippen LogP contribution is 2.37. The van der Waals surface area contributed by atoms with Gasteiger partial charge in [-0.05, 0) is 25.0 Å². The van der Waals surface area contributed by atoms with Gasteiger partial charge < -0.3 is 0 Å². The van der Waals surface area contributed by atoms with Gasteiger partial charge in [-0.25, -0.2) is 0 Å². The number of fused-ring (bicyclic) bond motifs is 2. The highest BCUT2D eigenvalue weighted by molar-refractivity contribution is 5.16. The molecule has 0 aliphatic heterocycles. The molecule has 0 nitrogen and oxygen atoms in total. The van der Waals surface area contributed by atoms with Crippen LogP contribution in [-0.4, -0.2) is 0 Å². The summed E-state index contributed by atoms with van der Waals surface area (Å²) in [4.78, 5) is 0. The van der Waals surface area contributed by atoms with Crippen LogP contribution in [0.1, 0.15) is 12.8 Å². The third kappa shape index (κ3) is 0.395.